The van der Waals surface area contributed by atoms with Crippen LogP contribution in [-0.2, 0) is 9.59 Å². The summed E-state index contributed by atoms with van der Waals surface area (Å²) in [5.41, 5.74) is 1.20. The molecule has 0 bridgehead atoms. The molecule has 1 atom stereocenters. The van der Waals surface area contributed by atoms with Crippen molar-refractivity contribution in [3.8, 4) is 0 Å². The number of carbonyl (C=O) groups excluding carboxylic acids is 2. The number of imide groups is 1. The van der Waals surface area contributed by atoms with E-state index in [1.807, 2.05) is 18.2 Å². The summed E-state index contributed by atoms with van der Waals surface area (Å²) in [7, 11) is 0. The van der Waals surface area contributed by atoms with Crippen molar-refractivity contribution in [3.05, 3.63) is 58.0 Å². The summed E-state index contributed by atoms with van der Waals surface area (Å²) in [5, 5.41) is 3.57. The lowest BCUT2D eigenvalue weighted by Crippen LogP contribution is -2.35. The molecular weight excluding hydrogens is 368 g/mol. The molecule has 2 aromatic rings. The Hall–Kier alpha value is -1.85. The van der Waals surface area contributed by atoms with E-state index in [9.17, 15) is 9.59 Å². The normalized spacial score (nSPS) is 17.9. The smallest absolute Gasteiger partial charge is 0.256 e. The van der Waals surface area contributed by atoms with Gasteiger partial charge in [0.1, 0.15) is 6.04 Å². The molecular formula is C16H12BrClN2O2. The van der Waals surface area contributed by atoms with Crippen LogP contribution in [-0.4, -0.2) is 17.9 Å². The molecule has 1 aliphatic rings. The molecule has 0 aromatic heterocycles. The van der Waals surface area contributed by atoms with Crippen LogP contribution in [0.5, 0.6) is 0 Å². The molecule has 22 heavy (non-hydrogen) atoms. The van der Waals surface area contributed by atoms with Crippen molar-refractivity contribution in [2.24, 2.45) is 0 Å². The first kappa shape index (κ1) is 15.1. The Balaban J connectivity index is 1.86. The van der Waals surface area contributed by atoms with Gasteiger partial charge in [-0.3, -0.25) is 9.59 Å². The van der Waals surface area contributed by atoms with Crippen LogP contribution in [0.2, 0.25) is 5.02 Å². The van der Waals surface area contributed by atoms with Crippen LogP contribution in [0.4, 0.5) is 11.4 Å². The van der Waals surface area contributed by atoms with E-state index in [0.29, 0.717) is 20.9 Å². The van der Waals surface area contributed by atoms with Gasteiger partial charge < -0.3 is 5.32 Å². The van der Waals surface area contributed by atoms with Gasteiger partial charge in [0.2, 0.25) is 5.91 Å². The van der Waals surface area contributed by atoms with Crippen molar-refractivity contribution in [2.75, 3.05) is 10.2 Å². The number of amides is 2. The van der Waals surface area contributed by atoms with Gasteiger partial charge >= 0.3 is 0 Å². The molecule has 4 nitrogen and oxygen atoms in total. The summed E-state index contributed by atoms with van der Waals surface area (Å²) in [6.45, 7) is 0. The third-order valence-corrected chi connectivity index (χ3v) is 4.44. The molecule has 0 spiro atoms. The highest BCUT2D eigenvalue weighted by molar-refractivity contribution is 9.10. The van der Waals surface area contributed by atoms with Gasteiger partial charge in [-0.15, -0.1) is 0 Å². The molecule has 0 aliphatic carbocycles. The van der Waals surface area contributed by atoms with Crippen molar-refractivity contribution in [3.63, 3.8) is 0 Å². The summed E-state index contributed by atoms with van der Waals surface area (Å²) in [4.78, 5) is 26.0. The number of para-hydroxylation sites is 2. The fourth-order valence-corrected chi connectivity index (χ4v) is 3.05. The Morgan fingerprint density at radius 2 is 1.77 bits per heavy atom. The minimum absolute atomic E-state index is 0.103. The second-order valence-corrected chi connectivity index (χ2v) is 6.16. The lowest BCUT2D eigenvalue weighted by molar-refractivity contribution is -0.121. The third kappa shape index (κ3) is 2.74. The molecule has 112 valence electrons. The lowest BCUT2D eigenvalue weighted by atomic mass is 10.2. The van der Waals surface area contributed by atoms with Gasteiger partial charge in [0.15, 0.2) is 0 Å². The zero-order chi connectivity index (χ0) is 15.7. The van der Waals surface area contributed by atoms with E-state index >= 15 is 0 Å². The van der Waals surface area contributed by atoms with Gasteiger partial charge in [0.25, 0.3) is 5.91 Å². The Morgan fingerprint density at radius 1 is 1.09 bits per heavy atom. The van der Waals surface area contributed by atoms with E-state index in [1.165, 1.54) is 4.90 Å². The monoisotopic (exact) mass is 378 g/mol. The van der Waals surface area contributed by atoms with Crippen molar-refractivity contribution >= 4 is 50.7 Å². The highest BCUT2D eigenvalue weighted by Gasteiger charge is 2.40. The van der Waals surface area contributed by atoms with E-state index in [4.69, 9.17) is 11.6 Å². The molecule has 0 radical (unpaired) electrons. The van der Waals surface area contributed by atoms with E-state index in [0.717, 1.165) is 0 Å². The highest BCUT2D eigenvalue weighted by atomic mass is 79.9. The minimum atomic E-state index is -0.612. The number of hydrogen-bond donors (Lipinski definition) is 1. The van der Waals surface area contributed by atoms with Gasteiger partial charge in [-0.25, -0.2) is 4.90 Å². The number of rotatable bonds is 3. The number of nitrogens with zero attached hydrogens (tertiary/aromatic N) is 1. The first-order valence-electron chi connectivity index (χ1n) is 6.70. The van der Waals surface area contributed by atoms with Crippen LogP contribution in [0.1, 0.15) is 6.42 Å². The summed E-state index contributed by atoms with van der Waals surface area (Å²) >= 11 is 9.46. The number of anilines is 2. The molecule has 1 unspecified atom stereocenters. The lowest BCUT2D eigenvalue weighted by Gasteiger charge is -2.17. The van der Waals surface area contributed by atoms with Crippen LogP contribution < -0.4 is 10.2 Å². The predicted octanol–water partition coefficient (Wildman–Crippen LogP) is 3.85. The second kappa shape index (κ2) is 6.10. The third-order valence-electron chi connectivity index (χ3n) is 3.44. The Labute approximate surface area is 141 Å². The van der Waals surface area contributed by atoms with Crippen LogP contribution in [0.3, 0.4) is 0 Å². The van der Waals surface area contributed by atoms with Crippen molar-refractivity contribution in [1.82, 2.24) is 0 Å². The molecule has 1 aliphatic heterocycles. The van der Waals surface area contributed by atoms with E-state index in [-0.39, 0.29) is 18.2 Å². The number of hydrogen-bond acceptors (Lipinski definition) is 3. The Morgan fingerprint density at radius 3 is 2.50 bits per heavy atom. The SMILES string of the molecule is O=C1CC(Nc2ccccc2Cl)C(=O)N1c1ccccc1Br. The number of benzene rings is 2. The first-order valence-corrected chi connectivity index (χ1v) is 7.87. The average molecular weight is 380 g/mol. The van der Waals surface area contributed by atoms with Crippen LogP contribution >= 0.6 is 27.5 Å². The fraction of sp³-hybridized carbons (Fsp3) is 0.125. The van der Waals surface area contributed by atoms with Crippen molar-refractivity contribution in [1.29, 1.82) is 0 Å². The second-order valence-electron chi connectivity index (χ2n) is 4.90. The number of halogens is 2. The van der Waals surface area contributed by atoms with Gasteiger partial charge in [-0.2, -0.15) is 0 Å². The molecule has 1 heterocycles. The summed E-state index contributed by atoms with van der Waals surface area (Å²) in [6, 6.07) is 13.7. The number of carbonyl (C=O) groups is 2. The van der Waals surface area contributed by atoms with Crippen LogP contribution in [0.25, 0.3) is 0 Å². The molecule has 3 rings (SSSR count). The van der Waals surface area contributed by atoms with Crippen LogP contribution in [0, 0.1) is 0 Å². The molecule has 6 heteroatoms. The molecule has 1 N–H and O–H groups in total. The molecule has 2 aromatic carbocycles. The van der Waals surface area contributed by atoms with E-state index in [2.05, 4.69) is 21.2 Å². The molecule has 1 saturated heterocycles. The predicted molar refractivity (Wildman–Crippen MR) is 90.1 cm³/mol. The fourth-order valence-electron chi connectivity index (χ4n) is 2.40. The molecule has 0 saturated carbocycles. The summed E-state index contributed by atoms with van der Waals surface area (Å²) in [5.74, 6) is -0.515. The zero-order valence-corrected chi connectivity index (χ0v) is 13.8. The first-order chi connectivity index (χ1) is 10.6. The highest BCUT2D eigenvalue weighted by Crippen LogP contribution is 2.31. The molecule has 1 fully saturated rings. The zero-order valence-electron chi connectivity index (χ0n) is 11.4. The van der Waals surface area contributed by atoms with Crippen molar-refractivity contribution in [2.45, 2.75) is 12.5 Å². The maximum Gasteiger partial charge on any atom is 0.256 e. The Bertz CT molecular complexity index is 750. The van der Waals surface area contributed by atoms with Crippen LogP contribution in [0.15, 0.2) is 53.0 Å². The number of nitrogens with one attached hydrogen (secondary N) is 1. The quantitative estimate of drug-likeness (QED) is 0.824. The maximum atomic E-state index is 12.6. The van der Waals surface area contributed by atoms with Gasteiger partial charge in [-0.1, -0.05) is 35.9 Å². The van der Waals surface area contributed by atoms with E-state index in [1.54, 1.807) is 30.3 Å². The van der Waals surface area contributed by atoms with Gasteiger partial charge in [-0.05, 0) is 40.2 Å². The van der Waals surface area contributed by atoms with Gasteiger partial charge in [0.05, 0.1) is 22.8 Å². The van der Waals surface area contributed by atoms with E-state index < -0.39 is 6.04 Å². The standard InChI is InChI=1S/C16H12BrClN2O2/c17-10-5-1-4-8-14(10)20-15(21)9-13(16(20)22)19-12-7-3-2-6-11(12)18/h1-8,13,19H,9H2. The topological polar surface area (TPSA) is 49.4 Å². The minimum Gasteiger partial charge on any atom is -0.372 e. The molecule has 2 amide bonds. The average Bonchev–Trinajstić information content (AvgIpc) is 2.77. The van der Waals surface area contributed by atoms with Gasteiger partial charge in [0, 0.05) is 4.47 Å². The summed E-state index contributed by atoms with van der Waals surface area (Å²) < 4.78 is 0.704. The summed E-state index contributed by atoms with van der Waals surface area (Å²) in [6.07, 6.45) is 0.103. The Kier molecular flexibility index (Phi) is 4.18. The maximum absolute atomic E-state index is 12.6. The van der Waals surface area contributed by atoms with Crippen molar-refractivity contribution < 1.29 is 9.59 Å². The largest absolute Gasteiger partial charge is 0.372 e.